The van der Waals surface area contributed by atoms with Crippen molar-refractivity contribution in [3.63, 3.8) is 0 Å². The van der Waals surface area contributed by atoms with E-state index in [1.807, 2.05) is 6.92 Å². The Morgan fingerprint density at radius 1 is 1.65 bits per heavy atom. The zero-order chi connectivity index (χ0) is 14.7. The molecular formula is C12H15F2N3O3. The van der Waals surface area contributed by atoms with Gasteiger partial charge in [0.1, 0.15) is 6.67 Å². The van der Waals surface area contributed by atoms with Gasteiger partial charge < -0.3 is 9.88 Å². The number of halogens is 2. The summed E-state index contributed by atoms with van der Waals surface area (Å²) in [5.74, 6) is -1.50. The topological polar surface area (TPSA) is 72.4 Å². The van der Waals surface area contributed by atoms with Crippen molar-refractivity contribution in [3.05, 3.63) is 28.4 Å². The highest BCUT2D eigenvalue weighted by Crippen LogP contribution is 2.13. The summed E-state index contributed by atoms with van der Waals surface area (Å²) in [4.78, 5) is 28.3. The molecule has 6 nitrogen and oxygen atoms in total. The van der Waals surface area contributed by atoms with Crippen LogP contribution in [-0.2, 0) is 16.2 Å². The third kappa shape index (κ3) is 3.20. The van der Waals surface area contributed by atoms with Crippen LogP contribution in [0.5, 0.6) is 0 Å². The summed E-state index contributed by atoms with van der Waals surface area (Å²) in [6, 6.07) is 0.948. The van der Waals surface area contributed by atoms with E-state index in [2.05, 4.69) is 10.8 Å². The van der Waals surface area contributed by atoms with E-state index in [4.69, 9.17) is 4.84 Å². The van der Waals surface area contributed by atoms with Gasteiger partial charge in [0, 0.05) is 24.7 Å². The molecule has 2 atom stereocenters. The maximum absolute atomic E-state index is 13.4. The van der Waals surface area contributed by atoms with Crippen LogP contribution >= 0.6 is 0 Å². The number of rotatable bonds is 4. The second-order valence-corrected chi connectivity index (χ2v) is 4.61. The minimum Gasteiger partial charge on any atom is -0.322 e. The lowest BCUT2D eigenvalue weighted by atomic mass is 10.1. The van der Waals surface area contributed by atoms with E-state index in [9.17, 15) is 18.4 Å². The second kappa shape index (κ2) is 6.10. The summed E-state index contributed by atoms with van der Waals surface area (Å²) in [5, 5.41) is 2.45. The molecule has 1 aliphatic heterocycles. The van der Waals surface area contributed by atoms with Crippen LogP contribution < -0.4 is 16.4 Å². The van der Waals surface area contributed by atoms with Crippen molar-refractivity contribution in [1.82, 2.24) is 10.0 Å². The zero-order valence-electron chi connectivity index (χ0n) is 10.9. The molecule has 110 valence electrons. The zero-order valence-corrected chi connectivity index (χ0v) is 10.9. The van der Waals surface area contributed by atoms with Crippen molar-refractivity contribution in [2.75, 3.05) is 12.0 Å². The Morgan fingerprint density at radius 2 is 2.40 bits per heavy atom. The Bertz CT molecular complexity index is 561. The van der Waals surface area contributed by atoms with Crippen molar-refractivity contribution >= 4 is 11.6 Å². The first-order valence-corrected chi connectivity index (χ1v) is 6.19. The van der Waals surface area contributed by atoms with Crippen LogP contribution in [0.4, 0.5) is 14.5 Å². The Balaban J connectivity index is 2.13. The molecule has 2 heterocycles. The Labute approximate surface area is 113 Å². The fourth-order valence-electron chi connectivity index (χ4n) is 1.92. The number of carbonyl (C=O) groups excluding carboxylic acids is 1. The highest BCUT2D eigenvalue weighted by atomic mass is 19.1. The molecule has 1 fully saturated rings. The first-order chi connectivity index (χ1) is 9.51. The molecule has 8 heteroatoms. The van der Waals surface area contributed by atoms with Gasteiger partial charge in [-0.3, -0.25) is 14.4 Å². The fraction of sp³-hybridized carbons (Fsp3) is 0.500. The van der Waals surface area contributed by atoms with Crippen LogP contribution in [0.15, 0.2) is 17.1 Å². The molecule has 20 heavy (non-hydrogen) atoms. The van der Waals surface area contributed by atoms with Gasteiger partial charge in [0.05, 0.1) is 12.2 Å². The van der Waals surface area contributed by atoms with Gasteiger partial charge in [-0.1, -0.05) is 0 Å². The molecular weight excluding hydrogens is 272 g/mol. The largest absolute Gasteiger partial charge is 0.322 e. The summed E-state index contributed by atoms with van der Waals surface area (Å²) in [7, 11) is 0. The summed E-state index contributed by atoms with van der Waals surface area (Å²) >= 11 is 0. The maximum Gasteiger partial charge on any atom is 0.286 e. The van der Waals surface area contributed by atoms with Gasteiger partial charge in [-0.15, -0.1) is 0 Å². The molecule has 1 aliphatic rings. The number of anilines is 1. The van der Waals surface area contributed by atoms with Crippen LogP contribution in [0.1, 0.15) is 13.3 Å². The highest BCUT2D eigenvalue weighted by Gasteiger charge is 2.28. The molecule has 1 aromatic rings. The van der Waals surface area contributed by atoms with E-state index < -0.39 is 30.1 Å². The van der Waals surface area contributed by atoms with Gasteiger partial charge in [-0.05, 0) is 6.92 Å². The van der Waals surface area contributed by atoms with E-state index in [0.29, 0.717) is 6.42 Å². The molecule has 0 spiro atoms. The maximum atomic E-state index is 13.4. The van der Waals surface area contributed by atoms with Gasteiger partial charge >= 0.3 is 0 Å². The lowest BCUT2D eigenvalue weighted by Gasteiger charge is -2.11. The molecule has 2 N–H and O–H groups in total. The van der Waals surface area contributed by atoms with Gasteiger partial charge in [0.25, 0.3) is 11.5 Å². The van der Waals surface area contributed by atoms with Crippen LogP contribution in [0.3, 0.4) is 0 Å². The molecule has 0 bridgehead atoms. The quantitative estimate of drug-likeness (QED) is 0.849. The number of nitrogens with zero attached hydrogens (tertiary/aromatic N) is 1. The van der Waals surface area contributed by atoms with Gasteiger partial charge in [0.15, 0.2) is 11.9 Å². The summed E-state index contributed by atoms with van der Waals surface area (Å²) in [6.45, 7) is 0.788. The molecule has 0 radical (unpaired) electrons. The fourth-order valence-corrected chi connectivity index (χ4v) is 1.92. The van der Waals surface area contributed by atoms with Gasteiger partial charge in [-0.25, -0.2) is 8.78 Å². The highest BCUT2D eigenvalue weighted by molar-refractivity contribution is 5.94. The molecule has 2 unspecified atom stereocenters. The Hall–Kier alpha value is -1.80. The average molecular weight is 287 g/mol. The summed E-state index contributed by atoms with van der Waals surface area (Å²) in [6.07, 6.45) is 1.00. The number of hydrogen-bond acceptors (Lipinski definition) is 4. The van der Waals surface area contributed by atoms with Crippen molar-refractivity contribution in [2.24, 2.45) is 0 Å². The number of carbonyl (C=O) groups is 1. The molecule has 1 aromatic heterocycles. The van der Waals surface area contributed by atoms with Crippen molar-refractivity contribution in [1.29, 1.82) is 0 Å². The first-order valence-electron chi connectivity index (χ1n) is 6.19. The van der Waals surface area contributed by atoms with E-state index >= 15 is 0 Å². The van der Waals surface area contributed by atoms with Gasteiger partial charge in [0.2, 0.25) is 0 Å². The van der Waals surface area contributed by atoms with Crippen molar-refractivity contribution < 1.29 is 18.4 Å². The lowest BCUT2D eigenvalue weighted by molar-refractivity contribution is -0.127. The van der Waals surface area contributed by atoms with Crippen LogP contribution in [0.2, 0.25) is 0 Å². The Morgan fingerprint density at radius 3 is 3.00 bits per heavy atom. The lowest BCUT2D eigenvalue weighted by Crippen LogP contribution is -2.30. The number of nitrogens with one attached hydrogen (secondary N) is 2. The molecule has 1 amide bonds. The number of hydrogen-bond donors (Lipinski definition) is 2. The molecule has 0 saturated carbocycles. The molecule has 1 saturated heterocycles. The molecule has 0 aromatic carbocycles. The number of pyridine rings is 1. The normalized spacial score (nSPS) is 21.9. The van der Waals surface area contributed by atoms with E-state index in [-0.39, 0.29) is 18.3 Å². The minimum atomic E-state index is -1.05. The number of hydroxylamine groups is 1. The molecule has 2 rings (SSSR count). The number of alkyl halides is 1. The van der Waals surface area contributed by atoms with Crippen molar-refractivity contribution in [3.8, 4) is 0 Å². The second-order valence-electron chi connectivity index (χ2n) is 4.61. The monoisotopic (exact) mass is 287 g/mol. The number of aryl methyl sites for hydroxylation is 1. The minimum absolute atomic E-state index is 0.0444. The van der Waals surface area contributed by atoms with Crippen LogP contribution in [0, 0.1) is 5.82 Å². The third-order valence-electron chi connectivity index (χ3n) is 2.91. The number of aromatic nitrogens is 1. The van der Waals surface area contributed by atoms with E-state index in [0.717, 1.165) is 10.6 Å². The smallest absolute Gasteiger partial charge is 0.286 e. The van der Waals surface area contributed by atoms with Crippen LogP contribution in [-0.4, -0.2) is 29.3 Å². The standard InChI is InChI=1S/C12H15F2N3O3/c1-7-4-10(20-16-7)11(18)15-8-5-9(14)12(19)17(6-8)3-2-13/h5-7,10,16H,2-4H2,1H3,(H,15,18). The Kier molecular flexibility index (Phi) is 4.46. The van der Waals surface area contributed by atoms with E-state index in [1.54, 1.807) is 0 Å². The SMILES string of the molecule is CC1CC(C(=O)Nc2cc(F)c(=O)n(CCF)c2)ON1. The summed E-state index contributed by atoms with van der Waals surface area (Å²) < 4.78 is 26.6. The third-order valence-corrected chi connectivity index (χ3v) is 2.91. The average Bonchev–Trinajstić information content (AvgIpc) is 2.82. The predicted molar refractivity (Wildman–Crippen MR) is 67.4 cm³/mol. The predicted octanol–water partition coefficient (Wildman–Crippen LogP) is 0.577. The first kappa shape index (κ1) is 14.6. The van der Waals surface area contributed by atoms with Gasteiger partial charge in [-0.2, -0.15) is 5.48 Å². The van der Waals surface area contributed by atoms with Crippen molar-refractivity contribution in [2.45, 2.75) is 32.0 Å². The van der Waals surface area contributed by atoms with Crippen LogP contribution in [0.25, 0.3) is 0 Å². The van der Waals surface area contributed by atoms with E-state index in [1.165, 1.54) is 6.20 Å². The molecule has 0 aliphatic carbocycles. The number of amides is 1. The summed E-state index contributed by atoms with van der Waals surface area (Å²) in [5.41, 5.74) is 1.81.